The lowest BCUT2D eigenvalue weighted by Gasteiger charge is -2.22. The van der Waals surface area contributed by atoms with Crippen LogP contribution in [0.1, 0.15) is 5.56 Å². The highest BCUT2D eigenvalue weighted by atomic mass is 16.7. The summed E-state index contributed by atoms with van der Waals surface area (Å²) in [7, 11) is 5.40. The summed E-state index contributed by atoms with van der Waals surface area (Å²) in [5.74, 6) is 1.61. The van der Waals surface area contributed by atoms with E-state index in [4.69, 9.17) is 14.3 Å². The van der Waals surface area contributed by atoms with Gasteiger partial charge in [-0.15, -0.1) is 0 Å². The number of anilines is 1. The molecule has 0 aromatic heterocycles. The number of hydrogen-bond donors (Lipinski definition) is 0. The average molecular weight is 296 g/mol. The molecule has 0 atom stereocenters. The smallest absolute Gasteiger partial charge is 0.288 e. The van der Waals surface area contributed by atoms with E-state index in [2.05, 4.69) is 32.5 Å². The molecular formula is C17H19BNO3. The van der Waals surface area contributed by atoms with E-state index in [0.29, 0.717) is 6.61 Å². The van der Waals surface area contributed by atoms with Crippen LogP contribution >= 0.6 is 0 Å². The molecule has 1 aliphatic heterocycles. The van der Waals surface area contributed by atoms with Gasteiger partial charge < -0.3 is 14.4 Å². The van der Waals surface area contributed by atoms with Crippen LogP contribution in [0.25, 0.3) is 11.1 Å². The van der Waals surface area contributed by atoms with Gasteiger partial charge in [-0.25, -0.2) is 0 Å². The van der Waals surface area contributed by atoms with Crippen LogP contribution in [0.2, 0.25) is 6.32 Å². The second-order valence-electron chi connectivity index (χ2n) is 5.22. The number of methoxy groups -OCH3 is 2. The highest BCUT2D eigenvalue weighted by Crippen LogP contribution is 2.40. The van der Waals surface area contributed by atoms with Gasteiger partial charge in [0, 0.05) is 11.1 Å². The second-order valence-corrected chi connectivity index (χ2v) is 5.22. The van der Waals surface area contributed by atoms with E-state index in [0.717, 1.165) is 34.6 Å². The molecule has 1 heterocycles. The van der Waals surface area contributed by atoms with Gasteiger partial charge in [0.25, 0.3) is 7.41 Å². The summed E-state index contributed by atoms with van der Waals surface area (Å²) in [5.41, 5.74) is 4.25. The number of rotatable bonds is 4. The standard InChI is InChI=1S/C17H19BNO3/c1-12-4-6-16(19-18-8-9-22-19)14(10-12)15-11-13(20-2)5-7-17(15)21-3/h4-7,10-11H,8-9H2,1-3H3. The third kappa shape index (κ3) is 2.77. The van der Waals surface area contributed by atoms with E-state index in [9.17, 15) is 0 Å². The molecule has 1 fully saturated rings. The molecule has 1 radical (unpaired) electrons. The summed E-state index contributed by atoms with van der Waals surface area (Å²) in [4.78, 5) is 7.52. The minimum atomic E-state index is 0.711. The van der Waals surface area contributed by atoms with Gasteiger partial charge in [0.15, 0.2) is 0 Å². The van der Waals surface area contributed by atoms with Crippen molar-refractivity contribution >= 4 is 13.1 Å². The number of aryl methyl sites for hydroxylation is 1. The lowest BCUT2D eigenvalue weighted by Crippen LogP contribution is -2.20. The van der Waals surface area contributed by atoms with Crippen LogP contribution in [0.3, 0.4) is 0 Å². The molecule has 0 spiro atoms. The Hall–Kier alpha value is -2.14. The Morgan fingerprint density at radius 3 is 2.59 bits per heavy atom. The largest absolute Gasteiger partial charge is 0.497 e. The van der Waals surface area contributed by atoms with E-state index in [1.165, 1.54) is 5.56 Å². The number of nitrogens with zero attached hydrogens (tertiary/aromatic N) is 1. The zero-order valence-electron chi connectivity index (χ0n) is 13.1. The van der Waals surface area contributed by atoms with Crippen molar-refractivity contribution in [2.45, 2.75) is 13.2 Å². The summed E-state index contributed by atoms with van der Waals surface area (Å²) < 4.78 is 10.9. The molecule has 113 valence electrons. The van der Waals surface area contributed by atoms with E-state index < -0.39 is 0 Å². The molecule has 1 saturated heterocycles. The maximum absolute atomic E-state index is 5.68. The van der Waals surface area contributed by atoms with Crippen LogP contribution in [-0.4, -0.2) is 28.2 Å². The Kier molecular flexibility index (Phi) is 4.25. The molecule has 0 amide bonds. The Balaban J connectivity index is 2.16. The monoisotopic (exact) mass is 296 g/mol. The Morgan fingerprint density at radius 1 is 1.05 bits per heavy atom. The van der Waals surface area contributed by atoms with Crippen LogP contribution < -0.4 is 14.4 Å². The van der Waals surface area contributed by atoms with Crippen LogP contribution in [0.15, 0.2) is 36.4 Å². The fraction of sp³-hybridized carbons (Fsp3) is 0.294. The van der Waals surface area contributed by atoms with Crippen molar-refractivity contribution < 1.29 is 14.3 Å². The predicted octanol–water partition coefficient (Wildman–Crippen LogP) is 3.47. The topological polar surface area (TPSA) is 30.9 Å². The van der Waals surface area contributed by atoms with Gasteiger partial charge in [0.2, 0.25) is 0 Å². The Labute approximate surface area is 131 Å². The summed E-state index contributed by atoms with van der Waals surface area (Å²) in [5, 5.41) is 0. The lowest BCUT2D eigenvalue weighted by molar-refractivity contribution is 0.185. The molecule has 4 nitrogen and oxygen atoms in total. The minimum absolute atomic E-state index is 0.711. The van der Waals surface area contributed by atoms with Gasteiger partial charge in [0.05, 0.1) is 26.5 Å². The summed E-state index contributed by atoms with van der Waals surface area (Å²) in [6.45, 7) is 2.79. The van der Waals surface area contributed by atoms with Crippen molar-refractivity contribution in [2.24, 2.45) is 0 Å². The average Bonchev–Trinajstić information content (AvgIpc) is 3.08. The van der Waals surface area contributed by atoms with Crippen molar-refractivity contribution in [3.63, 3.8) is 0 Å². The van der Waals surface area contributed by atoms with E-state index in [-0.39, 0.29) is 0 Å². The molecule has 3 rings (SSSR count). The number of benzene rings is 2. The van der Waals surface area contributed by atoms with Crippen LogP contribution in [-0.2, 0) is 4.84 Å². The summed E-state index contributed by atoms with van der Waals surface area (Å²) in [6, 6.07) is 12.1. The van der Waals surface area contributed by atoms with Crippen molar-refractivity contribution in [3.8, 4) is 22.6 Å². The van der Waals surface area contributed by atoms with Gasteiger partial charge in [0.1, 0.15) is 11.5 Å². The molecule has 0 bridgehead atoms. The molecule has 1 aliphatic rings. The summed E-state index contributed by atoms with van der Waals surface area (Å²) >= 11 is 0. The predicted molar refractivity (Wildman–Crippen MR) is 88.7 cm³/mol. The number of hydrogen-bond acceptors (Lipinski definition) is 4. The van der Waals surface area contributed by atoms with E-state index in [1.54, 1.807) is 14.2 Å². The van der Waals surface area contributed by atoms with Crippen molar-refractivity contribution in [1.82, 2.24) is 0 Å². The maximum Gasteiger partial charge on any atom is 0.288 e. The third-order valence-corrected chi connectivity index (χ3v) is 3.73. The van der Waals surface area contributed by atoms with Crippen molar-refractivity contribution in [3.05, 3.63) is 42.0 Å². The van der Waals surface area contributed by atoms with Gasteiger partial charge in [-0.1, -0.05) is 11.6 Å². The van der Waals surface area contributed by atoms with E-state index in [1.807, 2.05) is 23.2 Å². The Morgan fingerprint density at radius 2 is 1.91 bits per heavy atom. The van der Waals surface area contributed by atoms with Crippen LogP contribution in [0, 0.1) is 6.92 Å². The van der Waals surface area contributed by atoms with E-state index >= 15 is 0 Å². The highest BCUT2D eigenvalue weighted by molar-refractivity contribution is 6.41. The zero-order valence-corrected chi connectivity index (χ0v) is 13.1. The molecule has 5 heteroatoms. The van der Waals surface area contributed by atoms with Crippen LogP contribution in [0.4, 0.5) is 5.69 Å². The summed E-state index contributed by atoms with van der Waals surface area (Å²) in [6.07, 6.45) is 0.919. The maximum atomic E-state index is 5.68. The molecule has 0 saturated carbocycles. The molecule has 22 heavy (non-hydrogen) atoms. The number of ether oxygens (including phenoxy) is 2. The van der Waals surface area contributed by atoms with Crippen molar-refractivity contribution in [1.29, 1.82) is 0 Å². The first-order valence-corrected chi connectivity index (χ1v) is 7.31. The second kappa shape index (κ2) is 6.32. The first-order chi connectivity index (χ1) is 10.7. The fourth-order valence-electron chi connectivity index (χ4n) is 2.62. The molecule has 2 aromatic carbocycles. The van der Waals surface area contributed by atoms with Gasteiger partial charge in [-0.05, 0) is 43.6 Å². The molecular weight excluding hydrogens is 277 g/mol. The molecule has 2 aromatic rings. The minimum Gasteiger partial charge on any atom is -0.497 e. The van der Waals surface area contributed by atoms with Gasteiger partial charge >= 0.3 is 0 Å². The van der Waals surface area contributed by atoms with Crippen molar-refractivity contribution in [2.75, 3.05) is 25.8 Å². The molecule has 0 unspecified atom stereocenters. The SMILES string of the molecule is COc1ccc(OC)c(-c2cc(C)ccc2N2[B]CCO2)c1. The third-order valence-electron chi connectivity index (χ3n) is 3.73. The molecule has 0 N–H and O–H groups in total. The first kappa shape index (κ1) is 14.8. The lowest BCUT2D eigenvalue weighted by atomic mass is 9.88. The fourth-order valence-corrected chi connectivity index (χ4v) is 2.62. The highest BCUT2D eigenvalue weighted by Gasteiger charge is 2.21. The first-order valence-electron chi connectivity index (χ1n) is 7.31. The normalized spacial score (nSPS) is 13.9. The zero-order chi connectivity index (χ0) is 15.5. The Bertz CT molecular complexity index is 669. The van der Waals surface area contributed by atoms with Gasteiger partial charge in [-0.3, -0.25) is 4.84 Å². The van der Waals surface area contributed by atoms with Gasteiger partial charge in [-0.2, -0.15) is 0 Å². The van der Waals surface area contributed by atoms with Crippen LogP contribution in [0.5, 0.6) is 11.5 Å². The quantitative estimate of drug-likeness (QED) is 0.808. The molecule has 0 aliphatic carbocycles.